The molecule has 2 bridgehead atoms. The molecule has 1 aromatic carbocycles. The van der Waals surface area contributed by atoms with E-state index in [9.17, 15) is 5.11 Å². The van der Waals surface area contributed by atoms with Crippen LogP contribution >= 0.6 is 0 Å². The summed E-state index contributed by atoms with van der Waals surface area (Å²) in [4.78, 5) is 0. The van der Waals surface area contributed by atoms with Gasteiger partial charge in [0.2, 0.25) is 0 Å². The number of hydrogen-bond acceptors (Lipinski definition) is 2. The molecule has 19 heavy (non-hydrogen) atoms. The first kappa shape index (κ1) is 13.0. The van der Waals surface area contributed by atoms with Gasteiger partial charge in [0.25, 0.3) is 0 Å². The third-order valence-corrected chi connectivity index (χ3v) is 5.76. The fourth-order valence-electron chi connectivity index (χ4n) is 4.62. The third-order valence-electron chi connectivity index (χ3n) is 5.76. The van der Waals surface area contributed by atoms with E-state index in [0.29, 0.717) is 16.9 Å². The van der Waals surface area contributed by atoms with Crippen LogP contribution in [0.15, 0.2) is 24.3 Å². The van der Waals surface area contributed by atoms with E-state index in [1.165, 1.54) is 19.3 Å². The molecule has 3 atom stereocenters. The van der Waals surface area contributed by atoms with Crippen molar-refractivity contribution < 1.29 is 5.11 Å². The van der Waals surface area contributed by atoms with E-state index >= 15 is 0 Å². The predicted molar refractivity (Wildman–Crippen MR) is 79.0 cm³/mol. The Morgan fingerprint density at radius 2 is 2.00 bits per heavy atom. The first-order valence-corrected chi connectivity index (χ1v) is 7.43. The second-order valence-electron chi connectivity index (χ2n) is 7.31. The molecule has 0 aromatic heterocycles. The van der Waals surface area contributed by atoms with Gasteiger partial charge in [-0.05, 0) is 42.1 Å². The minimum Gasteiger partial charge on any atom is -0.392 e. The minimum absolute atomic E-state index is 0.108. The highest BCUT2D eigenvalue weighted by Crippen LogP contribution is 2.63. The molecule has 0 amide bonds. The first-order chi connectivity index (χ1) is 8.97. The summed E-state index contributed by atoms with van der Waals surface area (Å²) in [6.45, 7) is 7.35. The van der Waals surface area contributed by atoms with Crippen LogP contribution in [0.1, 0.15) is 45.6 Å². The quantitative estimate of drug-likeness (QED) is 0.865. The second kappa shape index (κ2) is 4.24. The fraction of sp³-hybridized carbons (Fsp3) is 0.647. The third kappa shape index (κ3) is 1.88. The Bertz CT molecular complexity index is 477. The Hall–Kier alpha value is -1.02. The highest BCUT2D eigenvalue weighted by atomic mass is 16.3. The second-order valence-corrected chi connectivity index (χ2v) is 7.31. The zero-order chi connectivity index (χ0) is 13.7. The zero-order valence-corrected chi connectivity index (χ0v) is 12.2. The smallest absolute Gasteiger partial charge is 0.0701 e. The van der Waals surface area contributed by atoms with Crippen molar-refractivity contribution in [3.63, 3.8) is 0 Å². The molecule has 0 saturated heterocycles. The molecular formula is C17H25NO. The van der Waals surface area contributed by atoms with Crippen LogP contribution in [0.3, 0.4) is 0 Å². The van der Waals surface area contributed by atoms with Crippen LogP contribution in [0.25, 0.3) is 0 Å². The van der Waals surface area contributed by atoms with Crippen molar-refractivity contribution in [3.8, 4) is 0 Å². The normalized spacial score (nSPS) is 35.6. The Labute approximate surface area is 116 Å². The highest BCUT2D eigenvalue weighted by molar-refractivity contribution is 5.52. The molecular weight excluding hydrogens is 234 g/mol. The number of rotatable bonds is 3. The maximum atomic E-state index is 9.48. The summed E-state index contributed by atoms with van der Waals surface area (Å²) in [5.41, 5.74) is 2.87. The van der Waals surface area contributed by atoms with Crippen molar-refractivity contribution in [1.82, 2.24) is 0 Å². The maximum absolute atomic E-state index is 9.48. The number of fused-ring (bicyclic) bond motifs is 2. The van der Waals surface area contributed by atoms with Gasteiger partial charge in [-0.1, -0.05) is 39.0 Å². The molecule has 0 aliphatic heterocycles. The molecule has 2 aliphatic carbocycles. The molecule has 3 rings (SSSR count). The fourth-order valence-corrected chi connectivity index (χ4v) is 4.62. The van der Waals surface area contributed by atoms with E-state index < -0.39 is 0 Å². The lowest BCUT2D eigenvalue weighted by atomic mass is 9.68. The Kier molecular flexibility index (Phi) is 2.90. The van der Waals surface area contributed by atoms with Gasteiger partial charge in [-0.3, -0.25) is 0 Å². The largest absolute Gasteiger partial charge is 0.392 e. The molecule has 2 heteroatoms. The molecule has 2 fully saturated rings. The van der Waals surface area contributed by atoms with E-state index in [2.05, 4.69) is 32.2 Å². The van der Waals surface area contributed by atoms with Gasteiger partial charge in [-0.25, -0.2) is 0 Å². The lowest BCUT2D eigenvalue weighted by Gasteiger charge is -2.44. The van der Waals surface area contributed by atoms with Gasteiger partial charge in [0.05, 0.1) is 6.61 Å². The number of benzene rings is 1. The molecule has 2 saturated carbocycles. The molecule has 104 valence electrons. The summed E-state index contributed by atoms with van der Waals surface area (Å²) in [5, 5.41) is 13.2. The van der Waals surface area contributed by atoms with Crippen LogP contribution in [0.4, 0.5) is 5.69 Å². The number of para-hydroxylation sites is 1. The molecule has 1 aromatic rings. The molecule has 0 heterocycles. The molecule has 1 unspecified atom stereocenters. The molecule has 0 radical (unpaired) electrons. The molecule has 2 aliphatic rings. The number of anilines is 1. The van der Waals surface area contributed by atoms with E-state index in [0.717, 1.165) is 17.2 Å². The van der Waals surface area contributed by atoms with Crippen molar-refractivity contribution in [3.05, 3.63) is 29.8 Å². The highest BCUT2D eigenvalue weighted by Gasteiger charge is 2.59. The Morgan fingerprint density at radius 3 is 2.63 bits per heavy atom. The van der Waals surface area contributed by atoms with Crippen LogP contribution in [0.2, 0.25) is 0 Å². The van der Waals surface area contributed by atoms with Gasteiger partial charge in [-0.15, -0.1) is 0 Å². The van der Waals surface area contributed by atoms with Crippen LogP contribution in [-0.4, -0.2) is 11.1 Å². The van der Waals surface area contributed by atoms with E-state index in [-0.39, 0.29) is 6.61 Å². The standard InChI is InChI=1S/C17H25NO/c1-16(2)13-8-9-17(3,10-13)15(16)18-14-7-5-4-6-12(14)11-19/h4-7,13,15,18-19H,8-11H2,1-3H3/t13-,15?,17+/m0/s1. The average Bonchev–Trinajstić information content (AvgIpc) is 2.86. The molecule has 0 spiro atoms. The molecule has 2 N–H and O–H groups in total. The van der Waals surface area contributed by atoms with E-state index in [1.807, 2.05) is 18.2 Å². The van der Waals surface area contributed by atoms with Crippen molar-refractivity contribution in [2.45, 2.75) is 52.7 Å². The SMILES string of the molecule is CC1(C)C(Nc2ccccc2CO)[C@]2(C)CC[C@H]1C2. The average molecular weight is 259 g/mol. The van der Waals surface area contributed by atoms with Gasteiger partial charge in [0.1, 0.15) is 0 Å². The number of hydrogen-bond donors (Lipinski definition) is 2. The number of aliphatic hydroxyl groups is 1. The van der Waals surface area contributed by atoms with Crippen LogP contribution in [0.5, 0.6) is 0 Å². The Morgan fingerprint density at radius 1 is 1.26 bits per heavy atom. The van der Waals surface area contributed by atoms with Crippen molar-refractivity contribution in [1.29, 1.82) is 0 Å². The van der Waals surface area contributed by atoms with Gasteiger partial charge >= 0.3 is 0 Å². The topological polar surface area (TPSA) is 32.3 Å². The van der Waals surface area contributed by atoms with E-state index in [1.54, 1.807) is 0 Å². The summed E-state index contributed by atoms with van der Waals surface area (Å²) >= 11 is 0. The predicted octanol–water partition coefficient (Wildman–Crippen LogP) is 3.81. The summed E-state index contributed by atoms with van der Waals surface area (Å²) in [6.07, 6.45) is 4.06. The van der Waals surface area contributed by atoms with Gasteiger partial charge in [-0.2, -0.15) is 0 Å². The first-order valence-electron chi connectivity index (χ1n) is 7.43. The Balaban J connectivity index is 1.90. The van der Waals surface area contributed by atoms with Gasteiger partial charge in [0.15, 0.2) is 0 Å². The summed E-state index contributed by atoms with van der Waals surface area (Å²) in [7, 11) is 0. The van der Waals surface area contributed by atoms with Gasteiger partial charge < -0.3 is 10.4 Å². The lowest BCUT2D eigenvalue weighted by molar-refractivity contribution is 0.155. The minimum atomic E-state index is 0.108. The van der Waals surface area contributed by atoms with Crippen LogP contribution in [0, 0.1) is 16.7 Å². The lowest BCUT2D eigenvalue weighted by Crippen LogP contribution is -2.45. The van der Waals surface area contributed by atoms with Crippen molar-refractivity contribution >= 4 is 5.69 Å². The van der Waals surface area contributed by atoms with E-state index in [4.69, 9.17) is 0 Å². The zero-order valence-electron chi connectivity index (χ0n) is 12.2. The van der Waals surface area contributed by atoms with Crippen LogP contribution in [-0.2, 0) is 6.61 Å². The maximum Gasteiger partial charge on any atom is 0.0701 e. The number of nitrogens with one attached hydrogen (secondary N) is 1. The number of aliphatic hydroxyl groups excluding tert-OH is 1. The van der Waals surface area contributed by atoms with Gasteiger partial charge in [0, 0.05) is 17.3 Å². The van der Waals surface area contributed by atoms with Crippen molar-refractivity contribution in [2.24, 2.45) is 16.7 Å². The summed E-state index contributed by atoms with van der Waals surface area (Å²) < 4.78 is 0. The monoisotopic (exact) mass is 259 g/mol. The molecule has 2 nitrogen and oxygen atoms in total. The summed E-state index contributed by atoms with van der Waals surface area (Å²) in [5.74, 6) is 0.844. The van der Waals surface area contributed by atoms with Crippen molar-refractivity contribution in [2.75, 3.05) is 5.32 Å². The van der Waals surface area contributed by atoms with Crippen LogP contribution < -0.4 is 5.32 Å². The summed E-state index contributed by atoms with van der Waals surface area (Å²) in [6, 6.07) is 8.64.